The van der Waals surface area contributed by atoms with Crippen LogP contribution in [0.15, 0.2) is 83.6 Å². The van der Waals surface area contributed by atoms with Crippen LogP contribution in [-0.2, 0) is 6.61 Å². The van der Waals surface area contributed by atoms with Gasteiger partial charge in [-0.1, -0.05) is 47.6 Å². The number of nitrogens with zero attached hydrogens (tertiary/aromatic N) is 3. The van der Waals surface area contributed by atoms with E-state index >= 15 is 0 Å². The molecule has 138 valence electrons. The Balaban J connectivity index is 1.46. The van der Waals surface area contributed by atoms with Crippen molar-refractivity contribution in [2.75, 3.05) is 5.32 Å². The van der Waals surface area contributed by atoms with Gasteiger partial charge in [0.2, 0.25) is 5.82 Å². The summed E-state index contributed by atoms with van der Waals surface area (Å²) in [5.41, 5.74) is 1.86. The third kappa shape index (κ3) is 4.04. The summed E-state index contributed by atoms with van der Waals surface area (Å²) in [4.78, 5) is 20.9. The first-order valence-electron chi connectivity index (χ1n) is 8.61. The quantitative estimate of drug-likeness (QED) is 0.551. The maximum atomic E-state index is 12.6. The summed E-state index contributed by atoms with van der Waals surface area (Å²) in [6.45, 7) is 0.0526. The van der Waals surface area contributed by atoms with Crippen molar-refractivity contribution in [3.63, 3.8) is 0 Å². The molecule has 0 aliphatic carbocycles. The molecule has 0 fully saturated rings. The van der Waals surface area contributed by atoms with Crippen LogP contribution in [0.25, 0.3) is 11.4 Å². The van der Waals surface area contributed by atoms with Gasteiger partial charge in [-0.3, -0.25) is 9.78 Å². The Hall–Kier alpha value is -4.00. The van der Waals surface area contributed by atoms with Crippen molar-refractivity contribution in [1.29, 1.82) is 0 Å². The molecule has 2 aromatic heterocycles. The predicted molar refractivity (Wildman–Crippen MR) is 103 cm³/mol. The van der Waals surface area contributed by atoms with Crippen LogP contribution in [0, 0.1) is 0 Å². The zero-order valence-electron chi connectivity index (χ0n) is 14.8. The first kappa shape index (κ1) is 17.4. The van der Waals surface area contributed by atoms with Crippen molar-refractivity contribution in [3.05, 3.63) is 90.6 Å². The molecule has 0 unspecified atom stereocenters. The Morgan fingerprint density at radius 1 is 1.00 bits per heavy atom. The van der Waals surface area contributed by atoms with Gasteiger partial charge >= 0.3 is 0 Å². The number of nitrogens with one attached hydrogen (secondary N) is 1. The Kier molecular flexibility index (Phi) is 5.06. The molecule has 7 nitrogen and oxygen atoms in total. The molecular formula is C21H16N4O3. The van der Waals surface area contributed by atoms with Crippen LogP contribution in [0.1, 0.15) is 16.2 Å². The minimum Gasteiger partial charge on any atom is -0.483 e. The van der Waals surface area contributed by atoms with Crippen molar-refractivity contribution >= 4 is 11.6 Å². The van der Waals surface area contributed by atoms with Gasteiger partial charge in [-0.25, -0.2) is 0 Å². The van der Waals surface area contributed by atoms with Crippen molar-refractivity contribution in [2.45, 2.75) is 6.61 Å². The van der Waals surface area contributed by atoms with Crippen LogP contribution in [0.4, 0.5) is 5.69 Å². The molecule has 0 saturated heterocycles. The highest BCUT2D eigenvalue weighted by atomic mass is 16.5. The minimum atomic E-state index is -0.292. The molecule has 0 saturated carbocycles. The summed E-state index contributed by atoms with van der Waals surface area (Å²) >= 11 is 0. The van der Waals surface area contributed by atoms with Crippen LogP contribution in [0.5, 0.6) is 5.75 Å². The van der Waals surface area contributed by atoms with Gasteiger partial charge in [0.25, 0.3) is 11.8 Å². The standard InChI is InChI=1S/C21H16N4O3/c26-21(23-16-9-6-12-22-13-16)17-10-4-5-11-18(17)27-14-19-24-20(25-28-19)15-7-2-1-3-8-15/h1-13H,14H2,(H,23,26). The average Bonchev–Trinajstić information content (AvgIpc) is 3.23. The number of para-hydroxylation sites is 1. The second-order valence-corrected chi connectivity index (χ2v) is 5.86. The van der Waals surface area contributed by atoms with Gasteiger partial charge in [0, 0.05) is 11.8 Å². The topological polar surface area (TPSA) is 90.1 Å². The normalized spacial score (nSPS) is 10.4. The third-order valence-corrected chi connectivity index (χ3v) is 3.90. The second kappa shape index (κ2) is 8.13. The van der Waals surface area contributed by atoms with Crippen molar-refractivity contribution in [1.82, 2.24) is 15.1 Å². The van der Waals surface area contributed by atoms with Crippen LogP contribution < -0.4 is 10.1 Å². The Bertz CT molecular complexity index is 1070. The number of rotatable bonds is 6. The van der Waals surface area contributed by atoms with Gasteiger partial charge in [0.15, 0.2) is 6.61 Å². The molecule has 0 bridgehead atoms. The lowest BCUT2D eigenvalue weighted by atomic mass is 10.2. The summed E-state index contributed by atoms with van der Waals surface area (Å²) in [5, 5.41) is 6.75. The lowest BCUT2D eigenvalue weighted by Crippen LogP contribution is -2.13. The molecule has 0 radical (unpaired) electrons. The molecule has 4 aromatic rings. The van der Waals surface area contributed by atoms with E-state index in [1.165, 1.54) is 0 Å². The number of hydrogen-bond acceptors (Lipinski definition) is 6. The van der Waals surface area contributed by atoms with Gasteiger partial charge in [-0.15, -0.1) is 0 Å². The van der Waals surface area contributed by atoms with Crippen molar-refractivity contribution in [2.24, 2.45) is 0 Å². The number of ether oxygens (including phenoxy) is 1. The fraction of sp³-hybridized carbons (Fsp3) is 0.0476. The van der Waals surface area contributed by atoms with E-state index in [4.69, 9.17) is 9.26 Å². The van der Waals surface area contributed by atoms with Gasteiger partial charge < -0.3 is 14.6 Å². The molecule has 1 amide bonds. The molecule has 4 rings (SSSR count). The number of pyridine rings is 1. The Morgan fingerprint density at radius 3 is 2.64 bits per heavy atom. The number of amides is 1. The van der Waals surface area contributed by atoms with Crippen LogP contribution >= 0.6 is 0 Å². The van der Waals surface area contributed by atoms with Gasteiger partial charge in [-0.05, 0) is 24.3 Å². The van der Waals surface area contributed by atoms with Crippen molar-refractivity contribution < 1.29 is 14.1 Å². The summed E-state index contributed by atoms with van der Waals surface area (Å²) in [6, 6.07) is 20.0. The summed E-state index contributed by atoms with van der Waals surface area (Å²) < 4.78 is 11.0. The van der Waals surface area contributed by atoms with E-state index in [0.717, 1.165) is 5.56 Å². The van der Waals surface area contributed by atoms with Crippen molar-refractivity contribution in [3.8, 4) is 17.1 Å². The Labute approximate surface area is 161 Å². The molecule has 0 spiro atoms. The Morgan fingerprint density at radius 2 is 1.82 bits per heavy atom. The lowest BCUT2D eigenvalue weighted by molar-refractivity contribution is 0.102. The van der Waals surface area contributed by atoms with Gasteiger partial charge in [0.05, 0.1) is 17.4 Å². The van der Waals surface area contributed by atoms with E-state index in [1.54, 1.807) is 48.8 Å². The monoisotopic (exact) mass is 372 g/mol. The van der Waals surface area contributed by atoms with Crippen LogP contribution in [0.3, 0.4) is 0 Å². The van der Waals surface area contributed by atoms with Crippen LogP contribution in [-0.4, -0.2) is 21.0 Å². The maximum absolute atomic E-state index is 12.6. The molecule has 0 aliphatic heterocycles. The van der Waals surface area contributed by atoms with Gasteiger partial charge in [-0.2, -0.15) is 4.98 Å². The van der Waals surface area contributed by atoms with E-state index in [0.29, 0.717) is 28.7 Å². The van der Waals surface area contributed by atoms with Gasteiger partial charge in [0.1, 0.15) is 5.75 Å². The molecule has 0 aliphatic rings. The molecule has 2 heterocycles. The molecule has 7 heteroatoms. The lowest BCUT2D eigenvalue weighted by Gasteiger charge is -2.10. The van der Waals surface area contributed by atoms with E-state index in [2.05, 4.69) is 20.4 Å². The summed E-state index contributed by atoms with van der Waals surface area (Å²) in [5.74, 6) is 0.936. The summed E-state index contributed by atoms with van der Waals surface area (Å²) in [7, 11) is 0. The first-order chi connectivity index (χ1) is 13.8. The van der Waals surface area contributed by atoms with E-state index in [1.807, 2.05) is 30.3 Å². The summed E-state index contributed by atoms with van der Waals surface area (Å²) in [6.07, 6.45) is 3.21. The maximum Gasteiger partial charge on any atom is 0.264 e. The molecule has 2 aromatic carbocycles. The zero-order valence-corrected chi connectivity index (χ0v) is 14.8. The molecule has 28 heavy (non-hydrogen) atoms. The number of benzene rings is 2. The number of hydrogen-bond donors (Lipinski definition) is 1. The fourth-order valence-corrected chi connectivity index (χ4v) is 2.57. The first-order valence-corrected chi connectivity index (χ1v) is 8.61. The number of aromatic nitrogens is 3. The highest BCUT2D eigenvalue weighted by Crippen LogP contribution is 2.21. The minimum absolute atomic E-state index is 0.0526. The second-order valence-electron chi connectivity index (χ2n) is 5.86. The molecular weight excluding hydrogens is 356 g/mol. The fourth-order valence-electron chi connectivity index (χ4n) is 2.57. The number of anilines is 1. The van der Waals surface area contributed by atoms with E-state index < -0.39 is 0 Å². The van der Waals surface area contributed by atoms with Crippen LogP contribution in [0.2, 0.25) is 0 Å². The average molecular weight is 372 g/mol. The molecule has 1 N–H and O–H groups in total. The number of carbonyl (C=O) groups excluding carboxylic acids is 1. The smallest absolute Gasteiger partial charge is 0.264 e. The highest BCUT2D eigenvalue weighted by molar-refractivity contribution is 6.06. The molecule has 0 atom stereocenters. The largest absolute Gasteiger partial charge is 0.483 e. The zero-order chi connectivity index (χ0) is 19.2. The predicted octanol–water partition coefficient (Wildman–Crippen LogP) is 3.96. The van der Waals surface area contributed by atoms with E-state index in [-0.39, 0.29) is 12.5 Å². The highest BCUT2D eigenvalue weighted by Gasteiger charge is 2.14. The van der Waals surface area contributed by atoms with E-state index in [9.17, 15) is 4.79 Å². The SMILES string of the molecule is O=C(Nc1cccnc1)c1ccccc1OCc1nc(-c2ccccc2)no1. The third-order valence-electron chi connectivity index (χ3n) is 3.90. The number of carbonyl (C=O) groups is 1.